The first-order valence-corrected chi connectivity index (χ1v) is 6.25. The molecular weight excluding hydrogens is 282 g/mol. The van der Waals surface area contributed by atoms with E-state index in [-0.39, 0.29) is 11.6 Å². The second-order valence-corrected chi connectivity index (χ2v) is 4.64. The summed E-state index contributed by atoms with van der Waals surface area (Å²) in [6.07, 6.45) is 0. The van der Waals surface area contributed by atoms with Crippen LogP contribution < -0.4 is 4.74 Å². The van der Waals surface area contributed by atoms with Gasteiger partial charge in [0.25, 0.3) is 0 Å². The molecule has 1 heterocycles. The van der Waals surface area contributed by atoms with Crippen molar-refractivity contribution in [3.05, 3.63) is 52.8 Å². The Morgan fingerprint density at radius 1 is 1.20 bits per heavy atom. The number of aromatic amines is 1. The molecule has 0 bridgehead atoms. The van der Waals surface area contributed by atoms with E-state index in [9.17, 15) is 8.78 Å². The second kappa shape index (κ2) is 4.72. The smallest absolute Gasteiger partial charge is 0.182 e. The molecular formula is C14H10F2N2OS. The summed E-state index contributed by atoms with van der Waals surface area (Å²) in [6, 6.07) is 8.86. The Labute approximate surface area is 118 Å². The van der Waals surface area contributed by atoms with Crippen LogP contribution in [0.15, 0.2) is 36.4 Å². The molecule has 0 saturated heterocycles. The van der Waals surface area contributed by atoms with E-state index in [1.807, 2.05) is 0 Å². The Kier molecular flexibility index (Phi) is 3.02. The Balaban J connectivity index is 2.35. The number of fused-ring (bicyclic) bond motifs is 1. The lowest BCUT2D eigenvalue weighted by molar-refractivity contribution is 0.387. The van der Waals surface area contributed by atoms with Crippen molar-refractivity contribution in [2.45, 2.75) is 0 Å². The number of hydrogen-bond donors (Lipinski definition) is 1. The SMILES string of the molecule is COc1cc2c(cc1F)[nH]c(=S)n2-c1cccc(F)c1. The van der Waals surface area contributed by atoms with Crippen LogP contribution in [0.3, 0.4) is 0 Å². The largest absolute Gasteiger partial charge is 0.494 e. The minimum Gasteiger partial charge on any atom is -0.494 e. The molecule has 1 aromatic heterocycles. The van der Waals surface area contributed by atoms with E-state index < -0.39 is 5.82 Å². The fourth-order valence-corrected chi connectivity index (χ4v) is 2.45. The summed E-state index contributed by atoms with van der Waals surface area (Å²) >= 11 is 5.22. The van der Waals surface area contributed by atoms with Crippen molar-refractivity contribution in [2.75, 3.05) is 7.11 Å². The second-order valence-electron chi connectivity index (χ2n) is 4.25. The van der Waals surface area contributed by atoms with Crippen LogP contribution >= 0.6 is 12.2 Å². The van der Waals surface area contributed by atoms with E-state index in [4.69, 9.17) is 17.0 Å². The van der Waals surface area contributed by atoms with Gasteiger partial charge in [-0.15, -0.1) is 0 Å². The molecule has 0 unspecified atom stereocenters. The number of rotatable bonds is 2. The van der Waals surface area contributed by atoms with Gasteiger partial charge in [0.1, 0.15) is 5.82 Å². The Bertz CT molecular complexity index is 854. The standard InChI is InChI=1S/C14H10F2N2OS/c1-19-13-7-12-11(6-10(13)16)17-14(20)18(12)9-4-2-3-8(15)5-9/h2-7H,1H3,(H,17,20). The molecule has 6 heteroatoms. The van der Waals surface area contributed by atoms with Gasteiger partial charge in [-0.3, -0.25) is 4.57 Å². The molecule has 0 aliphatic rings. The third kappa shape index (κ3) is 1.98. The van der Waals surface area contributed by atoms with Crippen LogP contribution in [0.5, 0.6) is 5.75 Å². The van der Waals surface area contributed by atoms with Crippen molar-refractivity contribution < 1.29 is 13.5 Å². The summed E-state index contributed by atoms with van der Waals surface area (Å²) in [5.41, 5.74) is 1.71. The lowest BCUT2D eigenvalue weighted by Gasteiger charge is -2.06. The molecule has 0 atom stereocenters. The highest BCUT2D eigenvalue weighted by Crippen LogP contribution is 2.26. The van der Waals surface area contributed by atoms with E-state index in [1.54, 1.807) is 16.7 Å². The summed E-state index contributed by atoms with van der Waals surface area (Å²) in [6.45, 7) is 0. The molecule has 1 N–H and O–H groups in total. The quantitative estimate of drug-likeness (QED) is 0.724. The number of hydrogen-bond acceptors (Lipinski definition) is 2. The number of methoxy groups -OCH3 is 1. The predicted molar refractivity (Wildman–Crippen MR) is 74.9 cm³/mol. The van der Waals surface area contributed by atoms with Gasteiger partial charge in [-0.1, -0.05) is 6.07 Å². The van der Waals surface area contributed by atoms with Gasteiger partial charge in [0.2, 0.25) is 0 Å². The topological polar surface area (TPSA) is 29.9 Å². The molecule has 0 aliphatic carbocycles. The Hall–Kier alpha value is -2.21. The number of benzene rings is 2. The number of nitrogens with zero attached hydrogens (tertiary/aromatic N) is 1. The van der Waals surface area contributed by atoms with Gasteiger partial charge in [-0.05, 0) is 30.4 Å². The van der Waals surface area contributed by atoms with Crippen molar-refractivity contribution in [2.24, 2.45) is 0 Å². The number of aromatic nitrogens is 2. The van der Waals surface area contributed by atoms with Crippen molar-refractivity contribution in [3.63, 3.8) is 0 Å². The van der Waals surface area contributed by atoms with Crippen LogP contribution in [0, 0.1) is 16.4 Å². The molecule has 0 saturated carbocycles. The van der Waals surface area contributed by atoms with Gasteiger partial charge >= 0.3 is 0 Å². The van der Waals surface area contributed by atoms with E-state index in [0.717, 1.165) is 0 Å². The van der Waals surface area contributed by atoms with E-state index in [1.165, 1.54) is 31.4 Å². The number of halogens is 2. The van der Waals surface area contributed by atoms with Crippen LogP contribution in [0.25, 0.3) is 16.7 Å². The Morgan fingerprint density at radius 2 is 2.00 bits per heavy atom. The summed E-state index contributed by atoms with van der Waals surface area (Å²) in [7, 11) is 1.39. The molecule has 0 spiro atoms. The van der Waals surface area contributed by atoms with E-state index in [2.05, 4.69) is 4.98 Å². The van der Waals surface area contributed by atoms with Gasteiger partial charge < -0.3 is 9.72 Å². The summed E-state index contributed by atoms with van der Waals surface area (Å²) in [5.74, 6) is -0.743. The number of imidazole rings is 1. The van der Waals surface area contributed by atoms with Crippen LogP contribution in [-0.2, 0) is 0 Å². The third-order valence-electron chi connectivity index (χ3n) is 3.02. The van der Waals surface area contributed by atoms with Crippen molar-refractivity contribution in [3.8, 4) is 11.4 Å². The maximum atomic E-state index is 13.7. The Morgan fingerprint density at radius 3 is 2.70 bits per heavy atom. The van der Waals surface area contributed by atoms with E-state index >= 15 is 0 Å². The zero-order chi connectivity index (χ0) is 14.3. The molecule has 3 aromatic rings. The highest BCUT2D eigenvalue weighted by molar-refractivity contribution is 7.71. The molecule has 0 amide bonds. The zero-order valence-corrected chi connectivity index (χ0v) is 11.3. The lowest BCUT2D eigenvalue weighted by atomic mass is 10.2. The lowest BCUT2D eigenvalue weighted by Crippen LogP contribution is -1.95. The fourth-order valence-electron chi connectivity index (χ4n) is 2.14. The van der Waals surface area contributed by atoms with Crippen LogP contribution in [0.4, 0.5) is 8.78 Å². The van der Waals surface area contributed by atoms with Gasteiger partial charge in [0.15, 0.2) is 16.3 Å². The molecule has 2 aromatic carbocycles. The molecule has 102 valence electrons. The first-order chi connectivity index (χ1) is 9.60. The molecule has 0 aliphatic heterocycles. The predicted octanol–water partition coefficient (Wildman–Crippen LogP) is 3.97. The summed E-state index contributed by atoms with van der Waals surface area (Å²) in [5, 5.41) is 0. The van der Waals surface area contributed by atoms with Crippen LogP contribution in [-0.4, -0.2) is 16.7 Å². The summed E-state index contributed by atoms with van der Waals surface area (Å²) < 4.78 is 34.0. The molecule has 0 fully saturated rings. The first kappa shape index (κ1) is 12.8. The maximum absolute atomic E-state index is 13.7. The highest BCUT2D eigenvalue weighted by Gasteiger charge is 2.12. The van der Waals surface area contributed by atoms with Gasteiger partial charge in [-0.2, -0.15) is 0 Å². The summed E-state index contributed by atoms with van der Waals surface area (Å²) in [4.78, 5) is 2.90. The monoisotopic (exact) mass is 292 g/mol. The molecule has 0 radical (unpaired) electrons. The maximum Gasteiger partial charge on any atom is 0.182 e. The normalized spacial score (nSPS) is 10.9. The van der Waals surface area contributed by atoms with Gasteiger partial charge in [0, 0.05) is 12.1 Å². The van der Waals surface area contributed by atoms with E-state index in [0.29, 0.717) is 21.5 Å². The minimum absolute atomic E-state index is 0.108. The van der Waals surface area contributed by atoms with Crippen molar-refractivity contribution in [1.29, 1.82) is 0 Å². The average Bonchev–Trinajstić information content (AvgIpc) is 2.72. The molecule has 3 nitrogen and oxygen atoms in total. The van der Waals surface area contributed by atoms with Crippen LogP contribution in [0.1, 0.15) is 0 Å². The average molecular weight is 292 g/mol. The fraction of sp³-hybridized carbons (Fsp3) is 0.0714. The van der Waals surface area contributed by atoms with Crippen molar-refractivity contribution >= 4 is 23.3 Å². The molecule has 3 rings (SSSR count). The van der Waals surface area contributed by atoms with Crippen molar-refractivity contribution in [1.82, 2.24) is 9.55 Å². The number of H-pyrrole nitrogens is 1. The first-order valence-electron chi connectivity index (χ1n) is 5.84. The van der Waals surface area contributed by atoms with Gasteiger partial charge in [0.05, 0.1) is 23.8 Å². The number of ether oxygens (including phenoxy) is 1. The molecule has 20 heavy (non-hydrogen) atoms. The zero-order valence-electron chi connectivity index (χ0n) is 10.5. The third-order valence-corrected chi connectivity index (χ3v) is 3.31. The number of nitrogens with one attached hydrogen (secondary N) is 1. The highest BCUT2D eigenvalue weighted by atomic mass is 32.1. The van der Waals surface area contributed by atoms with Gasteiger partial charge in [-0.25, -0.2) is 8.78 Å². The van der Waals surface area contributed by atoms with Crippen LogP contribution in [0.2, 0.25) is 0 Å². The minimum atomic E-state index is -0.484.